The zero-order valence-electron chi connectivity index (χ0n) is 9.76. The number of hydrogen-bond donors (Lipinski definition) is 0. The van der Waals surface area contributed by atoms with Crippen LogP contribution in [0.3, 0.4) is 0 Å². The van der Waals surface area contributed by atoms with E-state index in [0.717, 1.165) is 10.0 Å². The van der Waals surface area contributed by atoms with Gasteiger partial charge in [0.15, 0.2) is 0 Å². The van der Waals surface area contributed by atoms with Crippen LogP contribution in [0.25, 0.3) is 0 Å². The molecule has 0 aliphatic rings. The third kappa shape index (κ3) is 3.30. The van der Waals surface area contributed by atoms with Crippen LogP contribution in [0.5, 0.6) is 11.6 Å². The van der Waals surface area contributed by atoms with Gasteiger partial charge in [-0.2, -0.15) is 0 Å². The highest BCUT2D eigenvalue weighted by atomic mass is 79.9. The number of ether oxygens (including phenoxy) is 1. The number of halogens is 2. The normalized spacial score (nSPS) is 10.3. The van der Waals surface area contributed by atoms with Crippen LogP contribution in [0.2, 0.25) is 0 Å². The molecule has 0 bridgehead atoms. The fraction of sp³-hybridized carbons (Fsp3) is 0.0833. The fourth-order valence-corrected chi connectivity index (χ4v) is 2.25. The molecule has 0 atom stereocenters. The first kappa shape index (κ1) is 14.0. The van der Waals surface area contributed by atoms with E-state index in [1.165, 1.54) is 12.3 Å². The zero-order valence-corrected chi connectivity index (χ0v) is 12.9. The van der Waals surface area contributed by atoms with E-state index in [2.05, 4.69) is 36.8 Å². The van der Waals surface area contributed by atoms with Crippen molar-refractivity contribution in [2.24, 2.45) is 0 Å². The number of aryl methyl sites for hydroxylation is 1. The van der Waals surface area contributed by atoms with Gasteiger partial charge >= 0.3 is 5.69 Å². The van der Waals surface area contributed by atoms with Gasteiger partial charge in [-0.25, -0.2) is 4.98 Å². The first-order valence-electron chi connectivity index (χ1n) is 5.21. The highest BCUT2D eigenvalue weighted by Crippen LogP contribution is 2.33. The van der Waals surface area contributed by atoms with Crippen LogP contribution < -0.4 is 4.74 Å². The number of rotatable bonds is 3. The Morgan fingerprint density at radius 3 is 2.63 bits per heavy atom. The topological polar surface area (TPSA) is 65.3 Å². The molecule has 2 aromatic rings. The number of nitro groups is 1. The maximum atomic E-state index is 11.0. The summed E-state index contributed by atoms with van der Waals surface area (Å²) in [7, 11) is 0. The molecule has 0 saturated heterocycles. The van der Waals surface area contributed by atoms with Gasteiger partial charge in [0.2, 0.25) is 0 Å². The SMILES string of the molecule is Cc1cc(Br)ccc1Oc1ncc(Br)cc1[N+](=O)[O-]. The summed E-state index contributed by atoms with van der Waals surface area (Å²) < 4.78 is 6.96. The molecule has 0 unspecified atom stereocenters. The monoisotopic (exact) mass is 386 g/mol. The number of hydrogen-bond acceptors (Lipinski definition) is 4. The molecule has 0 amide bonds. The molecule has 0 aliphatic heterocycles. The molecule has 7 heteroatoms. The maximum Gasteiger partial charge on any atom is 0.332 e. The van der Waals surface area contributed by atoms with Crippen LogP contribution >= 0.6 is 31.9 Å². The number of aromatic nitrogens is 1. The van der Waals surface area contributed by atoms with Crippen LogP contribution in [0.15, 0.2) is 39.4 Å². The van der Waals surface area contributed by atoms with Crippen molar-refractivity contribution in [3.05, 3.63) is 55.1 Å². The number of nitrogens with zero attached hydrogens (tertiary/aromatic N) is 2. The Bertz CT molecular complexity index is 647. The van der Waals surface area contributed by atoms with Crippen molar-refractivity contribution in [2.75, 3.05) is 0 Å². The molecule has 0 fully saturated rings. The largest absolute Gasteiger partial charge is 0.433 e. The molecule has 0 aliphatic carbocycles. The predicted octanol–water partition coefficient (Wildman–Crippen LogP) is 4.62. The summed E-state index contributed by atoms with van der Waals surface area (Å²) in [4.78, 5) is 14.4. The Morgan fingerprint density at radius 1 is 1.26 bits per heavy atom. The lowest BCUT2D eigenvalue weighted by atomic mass is 10.2. The van der Waals surface area contributed by atoms with Crippen molar-refractivity contribution in [3.8, 4) is 11.6 Å². The van der Waals surface area contributed by atoms with Gasteiger partial charge < -0.3 is 4.74 Å². The van der Waals surface area contributed by atoms with Gasteiger partial charge in [0, 0.05) is 21.2 Å². The summed E-state index contributed by atoms with van der Waals surface area (Å²) in [6, 6.07) is 6.75. The van der Waals surface area contributed by atoms with Crippen molar-refractivity contribution in [1.29, 1.82) is 0 Å². The second-order valence-corrected chi connectivity index (χ2v) is 5.58. The Kier molecular flexibility index (Phi) is 4.16. The van der Waals surface area contributed by atoms with E-state index in [1.54, 1.807) is 12.1 Å². The standard InChI is InChI=1S/C12H8Br2N2O3/c1-7-4-8(13)2-3-11(7)19-12-10(16(17)18)5-9(14)6-15-12/h2-6H,1H3. The lowest BCUT2D eigenvalue weighted by molar-refractivity contribution is -0.386. The molecule has 0 spiro atoms. The summed E-state index contributed by atoms with van der Waals surface area (Å²) in [6.07, 6.45) is 1.45. The lowest BCUT2D eigenvalue weighted by Crippen LogP contribution is -1.97. The van der Waals surface area contributed by atoms with Crippen molar-refractivity contribution < 1.29 is 9.66 Å². The van der Waals surface area contributed by atoms with E-state index in [4.69, 9.17) is 4.74 Å². The molecule has 0 saturated carbocycles. The molecule has 1 aromatic carbocycles. The van der Waals surface area contributed by atoms with E-state index in [0.29, 0.717) is 10.2 Å². The fourth-order valence-electron chi connectivity index (χ4n) is 1.46. The second kappa shape index (κ2) is 5.66. The summed E-state index contributed by atoms with van der Waals surface area (Å²) in [5.74, 6) is 0.500. The molecule has 98 valence electrons. The van der Waals surface area contributed by atoms with Gasteiger partial charge in [-0.3, -0.25) is 10.1 Å². The van der Waals surface area contributed by atoms with Gasteiger partial charge in [-0.05, 0) is 46.6 Å². The summed E-state index contributed by atoms with van der Waals surface area (Å²) in [5, 5.41) is 11.0. The maximum absolute atomic E-state index is 11.0. The van der Waals surface area contributed by atoms with E-state index < -0.39 is 4.92 Å². The first-order chi connectivity index (χ1) is 8.97. The van der Waals surface area contributed by atoms with Gasteiger partial charge in [0.05, 0.1) is 4.92 Å². The molecule has 2 rings (SSSR count). The van der Waals surface area contributed by atoms with Gasteiger partial charge in [0.1, 0.15) is 5.75 Å². The highest BCUT2D eigenvalue weighted by molar-refractivity contribution is 9.10. The zero-order chi connectivity index (χ0) is 14.0. The quantitative estimate of drug-likeness (QED) is 0.569. The van der Waals surface area contributed by atoms with Crippen molar-refractivity contribution in [3.63, 3.8) is 0 Å². The molecule has 1 heterocycles. The first-order valence-corrected chi connectivity index (χ1v) is 6.80. The van der Waals surface area contributed by atoms with Crippen LogP contribution in [-0.2, 0) is 0 Å². The average Bonchev–Trinajstić information content (AvgIpc) is 2.34. The third-order valence-electron chi connectivity index (χ3n) is 2.34. The van der Waals surface area contributed by atoms with Crippen LogP contribution in [0.4, 0.5) is 5.69 Å². The predicted molar refractivity (Wildman–Crippen MR) is 77.5 cm³/mol. The number of pyridine rings is 1. The second-order valence-electron chi connectivity index (χ2n) is 3.75. The molecule has 19 heavy (non-hydrogen) atoms. The minimum Gasteiger partial charge on any atom is -0.433 e. The molecule has 0 N–H and O–H groups in total. The van der Waals surface area contributed by atoms with Crippen LogP contribution in [0.1, 0.15) is 5.56 Å². The van der Waals surface area contributed by atoms with Crippen LogP contribution in [-0.4, -0.2) is 9.91 Å². The highest BCUT2D eigenvalue weighted by Gasteiger charge is 2.18. The minimum absolute atomic E-state index is 0.0291. The van der Waals surface area contributed by atoms with E-state index >= 15 is 0 Å². The summed E-state index contributed by atoms with van der Waals surface area (Å²) in [5.41, 5.74) is 0.671. The Morgan fingerprint density at radius 2 is 2.00 bits per heavy atom. The number of benzene rings is 1. The Labute approximate surface area is 126 Å². The third-order valence-corrected chi connectivity index (χ3v) is 3.27. The Hall–Kier alpha value is -1.47. The molecular weight excluding hydrogens is 380 g/mol. The van der Waals surface area contributed by atoms with Crippen molar-refractivity contribution in [1.82, 2.24) is 4.98 Å². The minimum atomic E-state index is -0.527. The lowest BCUT2D eigenvalue weighted by Gasteiger charge is -2.08. The van der Waals surface area contributed by atoms with Gasteiger partial charge in [-0.1, -0.05) is 15.9 Å². The Balaban J connectivity index is 2.40. The molecule has 5 nitrogen and oxygen atoms in total. The molecule has 0 radical (unpaired) electrons. The van der Waals surface area contributed by atoms with Gasteiger partial charge in [-0.15, -0.1) is 0 Å². The van der Waals surface area contributed by atoms with E-state index in [9.17, 15) is 10.1 Å². The van der Waals surface area contributed by atoms with E-state index in [-0.39, 0.29) is 11.6 Å². The summed E-state index contributed by atoms with van der Waals surface area (Å²) >= 11 is 6.49. The van der Waals surface area contributed by atoms with Crippen LogP contribution in [0, 0.1) is 17.0 Å². The van der Waals surface area contributed by atoms with Crippen molar-refractivity contribution >= 4 is 37.5 Å². The van der Waals surface area contributed by atoms with E-state index in [1.807, 2.05) is 13.0 Å². The molecular formula is C12H8Br2N2O3. The summed E-state index contributed by atoms with van der Waals surface area (Å²) in [6.45, 7) is 1.85. The van der Waals surface area contributed by atoms with Crippen molar-refractivity contribution in [2.45, 2.75) is 6.92 Å². The van der Waals surface area contributed by atoms with Gasteiger partial charge in [0.25, 0.3) is 5.88 Å². The molecule has 1 aromatic heterocycles. The average molecular weight is 388 g/mol. The smallest absolute Gasteiger partial charge is 0.332 e.